The molecule has 1 rings (SSSR count). The van der Waals surface area contributed by atoms with E-state index in [0.29, 0.717) is 0 Å². The van der Waals surface area contributed by atoms with Gasteiger partial charge in [-0.15, -0.1) is 0 Å². The Morgan fingerprint density at radius 1 is 1.55 bits per heavy atom. The summed E-state index contributed by atoms with van der Waals surface area (Å²) < 4.78 is 0. The van der Waals surface area contributed by atoms with Gasteiger partial charge in [-0.2, -0.15) is 5.26 Å². The van der Waals surface area contributed by atoms with Crippen molar-refractivity contribution in [3.63, 3.8) is 0 Å². The summed E-state index contributed by atoms with van der Waals surface area (Å²) in [5, 5.41) is 8.52. The van der Waals surface area contributed by atoms with E-state index in [-0.39, 0.29) is 11.9 Å². The first-order valence-electron chi connectivity index (χ1n) is 3.21. The summed E-state index contributed by atoms with van der Waals surface area (Å²) >= 11 is 0. The molecule has 0 bridgehead atoms. The van der Waals surface area contributed by atoms with Crippen molar-refractivity contribution in [2.45, 2.75) is 12.8 Å². The van der Waals surface area contributed by atoms with E-state index in [2.05, 4.69) is 16.0 Å². The average molecular weight is 148 g/mol. The topological polar surface area (TPSA) is 75.6 Å². The van der Waals surface area contributed by atoms with E-state index in [1.54, 1.807) is 19.3 Å². The van der Waals surface area contributed by atoms with Crippen molar-refractivity contribution >= 4 is 5.95 Å². The zero-order chi connectivity index (χ0) is 8.27. The standard InChI is InChI=1S/C7H8N4/c1-5(2-8)6-3-10-7(9)11-4-6/h3-5H,1H3,(H2,9,10,11). The van der Waals surface area contributed by atoms with Gasteiger partial charge in [0, 0.05) is 18.0 Å². The molecule has 1 aromatic heterocycles. The van der Waals surface area contributed by atoms with E-state index in [1.165, 1.54) is 0 Å². The Morgan fingerprint density at radius 2 is 2.09 bits per heavy atom. The number of nitriles is 1. The molecule has 11 heavy (non-hydrogen) atoms. The fourth-order valence-corrected chi connectivity index (χ4v) is 0.646. The van der Waals surface area contributed by atoms with E-state index >= 15 is 0 Å². The Hall–Kier alpha value is -1.63. The molecule has 1 heterocycles. The van der Waals surface area contributed by atoms with E-state index in [4.69, 9.17) is 11.0 Å². The highest BCUT2D eigenvalue weighted by Gasteiger charge is 2.03. The molecule has 0 aromatic carbocycles. The Kier molecular flexibility index (Phi) is 2.02. The third-order valence-electron chi connectivity index (χ3n) is 1.39. The van der Waals surface area contributed by atoms with Gasteiger partial charge in [0.1, 0.15) is 0 Å². The van der Waals surface area contributed by atoms with Crippen LogP contribution in [-0.2, 0) is 0 Å². The highest BCUT2D eigenvalue weighted by molar-refractivity contribution is 5.22. The van der Waals surface area contributed by atoms with Crippen molar-refractivity contribution in [2.24, 2.45) is 0 Å². The normalized spacial score (nSPS) is 12.0. The second-order valence-corrected chi connectivity index (χ2v) is 2.23. The van der Waals surface area contributed by atoms with Crippen molar-refractivity contribution in [3.8, 4) is 6.07 Å². The van der Waals surface area contributed by atoms with Crippen LogP contribution >= 0.6 is 0 Å². The smallest absolute Gasteiger partial charge is 0.219 e. The lowest BCUT2D eigenvalue weighted by molar-refractivity contribution is 0.947. The van der Waals surface area contributed by atoms with Gasteiger partial charge in [0.05, 0.1) is 12.0 Å². The Balaban J connectivity index is 2.92. The van der Waals surface area contributed by atoms with E-state index in [9.17, 15) is 0 Å². The molecule has 1 aromatic rings. The summed E-state index contributed by atoms with van der Waals surface area (Å²) in [6.07, 6.45) is 3.13. The summed E-state index contributed by atoms with van der Waals surface area (Å²) in [7, 11) is 0. The van der Waals surface area contributed by atoms with Crippen molar-refractivity contribution in [1.29, 1.82) is 5.26 Å². The molecule has 0 aliphatic carbocycles. The van der Waals surface area contributed by atoms with E-state index < -0.39 is 0 Å². The maximum Gasteiger partial charge on any atom is 0.219 e. The lowest BCUT2D eigenvalue weighted by Gasteiger charge is -1.99. The molecule has 0 aliphatic rings. The molecule has 0 radical (unpaired) electrons. The first-order chi connectivity index (χ1) is 5.24. The molecular weight excluding hydrogens is 140 g/mol. The van der Waals surface area contributed by atoms with Crippen LogP contribution in [0.3, 0.4) is 0 Å². The second kappa shape index (κ2) is 2.97. The quantitative estimate of drug-likeness (QED) is 0.635. The van der Waals surface area contributed by atoms with Gasteiger partial charge in [0.2, 0.25) is 5.95 Å². The average Bonchev–Trinajstić information content (AvgIpc) is 2.05. The molecule has 4 nitrogen and oxygen atoms in total. The third-order valence-corrected chi connectivity index (χ3v) is 1.39. The summed E-state index contributed by atoms with van der Waals surface area (Å²) in [4.78, 5) is 7.53. The summed E-state index contributed by atoms with van der Waals surface area (Å²) in [6.45, 7) is 1.79. The highest BCUT2D eigenvalue weighted by Crippen LogP contribution is 2.10. The van der Waals surface area contributed by atoms with Gasteiger partial charge in [-0.1, -0.05) is 0 Å². The maximum absolute atomic E-state index is 8.52. The summed E-state index contributed by atoms with van der Waals surface area (Å²) in [6, 6.07) is 2.08. The first kappa shape index (κ1) is 7.48. The number of hydrogen-bond donors (Lipinski definition) is 1. The molecule has 1 unspecified atom stereocenters. The predicted molar refractivity (Wildman–Crippen MR) is 40.5 cm³/mol. The zero-order valence-corrected chi connectivity index (χ0v) is 6.15. The van der Waals surface area contributed by atoms with Crippen LogP contribution in [0, 0.1) is 11.3 Å². The molecule has 0 amide bonds. The number of hydrogen-bond acceptors (Lipinski definition) is 4. The van der Waals surface area contributed by atoms with Gasteiger partial charge >= 0.3 is 0 Å². The molecule has 1 atom stereocenters. The molecule has 0 spiro atoms. The minimum Gasteiger partial charge on any atom is -0.368 e. The summed E-state index contributed by atoms with van der Waals surface area (Å²) in [5.74, 6) is 0.0643. The van der Waals surface area contributed by atoms with Gasteiger partial charge in [-0.05, 0) is 6.92 Å². The van der Waals surface area contributed by atoms with Crippen molar-refractivity contribution in [3.05, 3.63) is 18.0 Å². The van der Waals surface area contributed by atoms with Crippen molar-refractivity contribution in [2.75, 3.05) is 5.73 Å². The summed E-state index contributed by atoms with van der Waals surface area (Å²) in [5.41, 5.74) is 6.06. The fourth-order valence-electron chi connectivity index (χ4n) is 0.646. The lowest BCUT2D eigenvalue weighted by atomic mass is 10.1. The van der Waals surface area contributed by atoms with Crippen LogP contribution in [-0.4, -0.2) is 9.97 Å². The van der Waals surface area contributed by atoms with E-state index in [1.807, 2.05) is 0 Å². The van der Waals surface area contributed by atoms with Crippen LogP contribution in [0.1, 0.15) is 18.4 Å². The number of aromatic nitrogens is 2. The zero-order valence-electron chi connectivity index (χ0n) is 6.15. The van der Waals surface area contributed by atoms with Crippen LogP contribution in [0.2, 0.25) is 0 Å². The van der Waals surface area contributed by atoms with Gasteiger partial charge in [-0.25, -0.2) is 9.97 Å². The van der Waals surface area contributed by atoms with Gasteiger partial charge < -0.3 is 5.73 Å². The predicted octanol–water partition coefficient (Wildman–Crippen LogP) is 0.686. The Labute approximate surface area is 64.7 Å². The second-order valence-electron chi connectivity index (χ2n) is 2.23. The largest absolute Gasteiger partial charge is 0.368 e. The van der Waals surface area contributed by atoms with Crippen LogP contribution < -0.4 is 5.73 Å². The fraction of sp³-hybridized carbons (Fsp3) is 0.286. The van der Waals surface area contributed by atoms with Crippen LogP contribution in [0.15, 0.2) is 12.4 Å². The number of anilines is 1. The minimum absolute atomic E-state index is 0.171. The first-order valence-corrected chi connectivity index (χ1v) is 3.21. The third kappa shape index (κ3) is 1.64. The molecule has 0 saturated carbocycles. The lowest BCUT2D eigenvalue weighted by Crippen LogP contribution is -1.97. The molecule has 56 valence electrons. The van der Waals surface area contributed by atoms with Crippen LogP contribution in [0.5, 0.6) is 0 Å². The number of rotatable bonds is 1. The molecule has 4 heteroatoms. The Morgan fingerprint density at radius 3 is 2.55 bits per heavy atom. The maximum atomic E-state index is 8.52. The Bertz CT molecular complexity index is 271. The number of nitrogens with zero attached hydrogens (tertiary/aromatic N) is 3. The molecule has 0 aliphatic heterocycles. The number of nitrogen functional groups attached to an aromatic ring is 1. The van der Waals surface area contributed by atoms with Crippen LogP contribution in [0.4, 0.5) is 5.95 Å². The van der Waals surface area contributed by atoms with Crippen molar-refractivity contribution < 1.29 is 0 Å². The van der Waals surface area contributed by atoms with Gasteiger partial charge in [0.15, 0.2) is 0 Å². The number of nitrogens with two attached hydrogens (primary N) is 1. The monoisotopic (exact) mass is 148 g/mol. The minimum atomic E-state index is -0.171. The van der Waals surface area contributed by atoms with E-state index in [0.717, 1.165) is 5.56 Å². The van der Waals surface area contributed by atoms with Crippen molar-refractivity contribution in [1.82, 2.24) is 9.97 Å². The molecule has 2 N–H and O–H groups in total. The molecular formula is C7H8N4. The molecule has 0 fully saturated rings. The molecule has 0 saturated heterocycles. The highest BCUT2D eigenvalue weighted by atomic mass is 15.0. The van der Waals surface area contributed by atoms with Gasteiger partial charge in [-0.3, -0.25) is 0 Å². The van der Waals surface area contributed by atoms with Gasteiger partial charge in [0.25, 0.3) is 0 Å². The van der Waals surface area contributed by atoms with Crippen LogP contribution in [0.25, 0.3) is 0 Å². The SMILES string of the molecule is CC(C#N)c1cnc(N)nc1.